The summed E-state index contributed by atoms with van der Waals surface area (Å²) in [4.78, 5) is 0. The van der Waals surface area contributed by atoms with E-state index in [0.29, 0.717) is 0 Å². The maximum absolute atomic E-state index is 15.7. The van der Waals surface area contributed by atoms with Crippen molar-refractivity contribution in [2.75, 3.05) is 0 Å². The van der Waals surface area contributed by atoms with E-state index in [4.69, 9.17) is 0 Å². The van der Waals surface area contributed by atoms with Gasteiger partial charge in [-0.1, -0.05) is 0 Å². The number of halogens is 1. The molecule has 0 spiro atoms. The molecule has 0 aliphatic rings. The summed E-state index contributed by atoms with van der Waals surface area (Å²) in [7, 11) is -3.17. The van der Waals surface area contributed by atoms with Crippen LogP contribution in [0.3, 0.4) is 0 Å². The zero-order valence-corrected chi connectivity index (χ0v) is 12.2. The Hall–Kier alpha value is -0.540. The van der Waals surface area contributed by atoms with Gasteiger partial charge in [0.05, 0.1) is 0 Å². The molecule has 5 heteroatoms. The molecule has 0 aromatic carbocycles. The zero-order valence-electron chi connectivity index (χ0n) is 8.80. The van der Waals surface area contributed by atoms with E-state index < -0.39 is 7.57 Å². The molecular weight excluding hydrogens is 290 g/mol. The summed E-state index contributed by atoms with van der Waals surface area (Å²) in [6, 6.07) is 11.6. The molecule has 0 atom stereocenters. The first-order valence-electron chi connectivity index (χ1n) is 5.12. The quantitative estimate of drug-likeness (QED) is 0.646. The van der Waals surface area contributed by atoms with E-state index in [1.165, 1.54) is 34.0 Å². The zero-order chi connectivity index (χ0) is 11.7. The SMILES string of the molecule is F[PH](c1cccs1)(c1cccs1)c1cccs1. The van der Waals surface area contributed by atoms with Crippen LogP contribution in [0.2, 0.25) is 0 Å². The third kappa shape index (κ3) is 1.89. The molecule has 0 bridgehead atoms. The van der Waals surface area contributed by atoms with Gasteiger partial charge in [-0.3, -0.25) is 0 Å². The predicted molar refractivity (Wildman–Crippen MR) is 81.3 cm³/mol. The maximum atomic E-state index is 15.7. The normalized spacial score (nSPS) is 12.8. The van der Waals surface area contributed by atoms with Crippen LogP contribution in [0.1, 0.15) is 0 Å². The third-order valence-electron chi connectivity index (χ3n) is 2.58. The van der Waals surface area contributed by atoms with Gasteiger partial charge in [0, 0.05) is 0 Å². The minimum absolute atomic E-state index is 0.891. The van der Waals surface area contributed by atoms with Crippen molar-refractivity contribution in [3.63, 3.8) is 0 Å². The Bertz CT molecular complexity index is 485. The van der Waals surface area contributed by atoms with Crippen LogP contribution >= 0.6 is 41.6 Å². The van der Waals surface area contributed by atoms with Crippen molar-refractivity contribution < 1.29 is 4.20 Å². The first-order valence-corrected chi connectivity index (χ1v) is 9.64. The van der Waals surface area contributed by atoms with Crippen molar-refractivity contribution in [2.24, 2.45) is 0 Å². The minimum atomic E-state index is -3.17. The predicted octanol–water partition coefficient (Wildman–Crippen LogP) is 3.78. The van der Waals surface area contributed by atoms with Gasteiger partial charge in [-0.15, -0.1) is 0 Å². The molecular formula is C12H10FPS3. The second-order valence-electron chi connectivity index (χ2n) is 3.59. The third-order valence-corrected chi connectivity index (χ3v) is 10.8. The Morgan fingerprint density at radius 1 is 0.706 bits per heavy atom. The summed E-state index contributed by atoms with van der Waals surface area (Å²) in [5, 5.41) is 5.87. The van der Waals surface area contributed by atoms with E-state index in [2.05, 4.69) is 0 Å². The number of rotatable bonds is 3. The Kier molecular flexibility index (Phi) is 3.14. The average molecular weight is 300 g/mol. The second kappa shape index (κ2) is 4.62. The molecule has 17 heavy (non-hydrogen) atoms. The van der Waals surface area contributed by atoms with Gasteiger partial charge in [0.1, 0.15) is 0 Å². The molecule has 0 fully saturated rings. The van der Waals surface area contributed by atoms with Crippen LogP contribution in [0.15, 0.2) is 52.5 Å². The van der Waals surface area contributed by atoms with Gasteiger partial charge in [0.25, 0.3) is 0 Å². The fourth-order valence-corrected chi connectivity index (χ4v) is 10.00. The molecule has 0 saturated carbocycles. The Morgan fingerprint density at radius 2 is 1.06 bits per heavy atom. The van der Waals surface area contributed by atoms with Gasteiger partial charge >= 0.3 is 112 Å². The van der Waals surface area contributed by atoms with Crippen LogP contribution in [0.4, 0.5) is 4.20 Å². The van der Waals surface area contributed by atoms with Crippen LogP contribution in [-0.2, 0) is 0 Å². The van der Waals surface area contributed by atoms with Crippen LogP contribution in [0.25, 0.3) is 0 Å². The summed E-state index contributed by atoms with van der Waals surface area (Å²) < 4.78 is 18.3. The van der Waals surface area contributed by atoms with Gasteiger partial charge in [0.15, 0.2) is 0 Å². The molecule has 0 amide bonds. The Morgan fingerprint density at radius 3 is 1.29 bits per heavy atom. The fourth-order valence-electron chi connectivity index (χ4n) is 1.79. The van der Waals surface area contributed by atoms with Crippen molar-refractivity contribution in [2.45, 2.75) is 0 Å². The molecule has 3 heterocycles. The molecule has 0 aliphatic heterocycles. The molecule has 3 aromatic rings. The summed E-state index contributed by atoms with van der Waals surface area (Å²) in [5.41, 5.74) is 0. The molecule has 0 aliphatic carbocycles. The van der Waals surface area contributed by atoms with Crippen LogP contribution in [0.5, 0.6) is 0 Å². The van der Waals surface area contributed by atoms with Gasteiger partial charge in [-0.25, -0.2) is 0 Å². The topological polar surface area (TPSA) is 0 Å². The number of hydrogen-bond donors (Lipinski definition) is 0. The summed E-state index contributed by atoms with van der Waals surface area (Å²) in [5.74, 6) is 0. The van der Waals surface area contributed by atoms with Crippen molar-refractivity contribution >= 4 is 55.4 Å². The van der Waals surface area contributed by atoms with E-state index in [9.17, 15) is 0 Å². The molecule has 0 nitrogen and oxygen atoms in total. The van der Waals surface area contributed by atoms with Crippen LogP contribution < -0.4 is 13.9 Å². The van der Waals surface area contributed by atoms with E-state index in [1.54, 1.807) is 0 Å². The van der Waals surface area contributed by atoms with Crippen molar-refractivity contribution in [3.05, 3.63) is 52.5 Å². The summed E-state index contributed by atoms with van der Waals surface area (Å²) in [6.45, 7) is 0. The van der Waals surface area contributed by atoms with Crippen molar-refractivity contribution in [1.29, 1.82) is 0 Å². The van der Waals surface area contributed by atoms with Gasteiger partial charge in [-0.05, 0) is 0 Å². The van der Waals surface area contributed by atoms with Gasteiger partial charge in [-0.2, -0.15) is 0 Å². The van der Waals surface area contributed by atoms with Crippen molar-refractivity contribution in [3.8, 4) is 0 Å². The number of thiophene rings is 3. The molecule has 88 valence electrons. The van der Waals surface area contributed by atoms with Crippen LogP contribution in [-0.4, -0.2) is 0 Å². The molecule has 3 aromatic heterocycles. The van der Waals surface area contributed by atoms with E-state index in [0.717, 1.165) is 13.9 Å². The second-order valence-corrected chi connectivity index (χ2v) is 10.5. The van der Waals surface area contributed by atoms with Gasteiger partial charge in [0.2, 0.25) is 0 Å². The average Bonchev–Trinajstić information content (AvgIpc) is 3.10. The summed E-state index contributed by atoms with van der Waals surface area (Å²) in [6.07, 6.45) is 0. The molecule has 3 rings (SSSR count). The first-order chi connectivity index (χ1) is 8.32. The number of hydrogen-bond acceptors (Lipinski definition) is 3. The summed E-state index contributed by atoms with van der Waals surface area (Å²) >= 11 is 4.58. The molecule has 0 saturated heterocycles. The fraction of sp³-hybridized carbons (Fsp3) is 0. The monoisotopic (exact) mass is 300 g/mol. The first kappa shape index (κ1) is 11.5. The Balaban J connectivity index is 2.21. The standard InChI is InChI=1S/C12H10FPS3/c13-14(10-4-1-7-15-10,11-5-2-8-16-11)12-6-3-9-17-12/h1-9,14H. The van der Waals surface area contributed by atoms with E-state index in [1.807, 2.05) is 52.5 Å². The van der Waals surface area contributed by atoms with E-state index >= 15 is 4.20 Å². The van der Waals surface area contributed by atoms with Crippen molar-refractivity contribution in [1.82, 2.24) is 0 Å². The molecule has 0 unspecified atom stereocenters. The molecule has 0 radical (unpaired) electrons. The van der Waals surface area contributed by atoms with Gasteiger partial charge < -0.3 is 0 Å². The Labute approximate surface area is 112 Å². The molecule has 0 N–H and O–H groups in total. The van der Waals surface area contributed by atoms with Crippen LogP contribution in [0, 0.1) is 0 Å². The van der Waals surface area contributed by atoms with E-state index in [-0.39, 0.29) is 0 Å².